The smallest absolute Gasteiger partial charge is 0.338 e. The van der Waals surface area contributed by atoms with Crippen LogP contribution in [0.3, 0.4) is 0 Å². The van der Waals surface area contributed by atoms with Crippen LogP contribution in [0.25, 0.3) is 0 Å². The third-order valence-corrected chi connectivity index (χ3v) is 5.96. The van der Waals surface area contributed by atoms with Crippen molar-refractivity contribution >= 4 is 12.0 Å². The van der Waals surface area contributed by atoms with Crippen molar-refractivity contribution in [2.75, 3.05) is 6.54 Å². The normalized spacial score (nSPS) is 16.6. The van der Waals surface area contributed by atoms with Crippen LogP contribution in [0.1, 0.15) is 97.3 Å². The Labute approximate surface area is 163 Å². The van der Waals surface area contributed by atoms with Gasteiger partial charge in [0.25, 0.3) is 0 Å². The molecule has 0 aromatic heterocycles. The lowest BCUT2D eigenvalue weighted by atomic mass is 9.70. The number of aliphatic carboxylic acids is 1. The van der Waals surface area contributed by atoms with E-state index in [1.165, 1.54) is 19.3 Å². The van der Waals surface area contributed by atoms with Gasteiger partial charge in [-0.1, -0.05) is 52.4 Å². The first-order valence-corrected chi connectivity index (χ1v) is 10.9. The highest BCUT2D eigenvalue weighted by atomic mass is 19.1. The van der Waals surface area contributed by atoms with Gasteiger partial charge < -0.3 is 15.7 Å². The highest BCUT2D eigenvalue weighted by molar-refractivity contribution is 5.75. The molecule has 2 amide bonds. The summed E-state index contributed by atoms with van der Waals surface area (Å²) in [5.74, 6) is -0.670. The van der Waals surface area contributed by atoms with Crippen LogP contribution >= 0.6 is 0 Å². The Morgan fingerprint density at radius 2 is 1.63 bits per heavy atom. The first-order chi connectivity index (χ1) is 12.9. The van der Waals surface area contributed by atoms with Gasteiger partial charge in [0.15, 0.2) is 6.17 Å². The Hall–Kier alpha value is -1.33. The van der Waals surface area contributed by atoms with Crippen molar-refractivity contribution in [1.29, 1.82) is 0 Å². The molecule has 0 aromatic rings. The number of unbranched alkanes of at least 4 members (excludes halogenated alkanes) is 5. The second-order valence-electron chi connectivity index (χ2n) is 8.12. The van der Waals surface area contributed by atoms with Crippen molar-refractivity contribution in [3.63, 3.8) is 0 Å². The third-order valence-electron chi connectivity index (χ3n) is 5.96. The SMILES string of the molecule is CCC(CC)CC1(NC(=O)NCCCCCCCCC(F)C(=O)O)CCC1. The summed E-state index contributed by atoms with van der Waals surface area (Å²) in [5.41, 5.74) is 0.0189. The largest absolute Gasteiger partial charge is 0.479 e. The molecule has 1 atom stereocenters. The number of urea groups is 1. The minimum absolute atomic E-state index is 0.0189. The molecule has 1 aliphatic carbocycles. The molecule has 158 valence electrons. The molecule has 0 bridgehead atoms. The molecule has 5 nitrogen and oxygen atoms in total. The van der Waals surface area contributed by atoms with Crippen LogP contribution < -0.4 is 10.6 Å². The summed E-state index contributed by atoms with van der Waals surface area (Å²) in [5, 5.41) is 14.7. The first-order valence-electron chi connectivity index (χ1n) is 10.9. The average Bonchev–Trinajstić information content (AvgIpc) is 2.62. The summed E-state index contributed by atoms with van der Waals surface area (Å²) in [6.45, 7) is 5.13. The Bertz CT molecular complexity index is 437. The summed E-state index contributed by atoms with van der Waals surface area (Å²) in [6, 6.07) is -0.0386. The van der Waals surface area contributed by atoms with E-state index in [1.54, 1.807) is 0 Å². The number of nitrogens with one attached hydrogen (secondary N) is 2. The van der Waals surface area contributed by atoms with Crippen molar-refractivity contribution < 1.29 is 19.1 Å². The lowest BCUT2D eigenvalue weighted by Gasteiger charge is -2.44. The predicted molar refractivity (Wildman–Crippen MR) is 107 cm³/mol. The van der Waals surface area contributed by atoms with Crippen molar-refractivity contribution in [3.05, 3.63) is 0 Å². The van der Waals surface area contributed by atoms with Crippen molar-refractivity contribution in [1.82, 2.24) is 10.6 Å². The molecule has 0 spiro atoms. The maximum Gasteiger partial charge on any atom is 0.338 e. The fourth-order valence-corrected chi connectivity index (χ4v) is 3.88. The van der Waals surface area contributed by atoms with E-state index in [0.29, 0.717) is 18.9 Å². The van der Waals surface area contributed by atoms with E-state index in [-0.39, 0.29) is 18.0 Å². The number of carbonyl (C=O) groups excluding carboxylic acids is 1. The molecule has 1 unspecified atom stereocenters. The molecule has 27 heavy (non-hydrogen) atoms. The zero-order chi connectivity index (χ0) is 20.1. The fourth-order valence-electron chi connectivity index (χ4n) is 3.88. The number of amides is 2. The number of rotatable bonds is 15. The maximum absolute atomic E-state index is 12.9. The molecule has 0 radical (unpaired) electrons. The zero-order valence-corrected chi connectivity index (χ0v) is 17.2. The van der Waals surface area contributed by atoms with Gasteiger partial charge in [-0.15, -0.1) is 0 Å². The third kappa shape index (κ3) is 9.43. The second-order valence-corrected chi connectivity index (χ2v) is 8.12. The van der Waals surface area contributed by atoms with Gasteiger partial charge in [0, 0.05) is 12.1 Å². The van der Waals surface area contributed by atoms with E-state index in [1.807, 2.05) is 0 Å². The minimum atomic E-state index is -1.73. The highest BCUT2D eigenvalue weighted by Crippen LogP contribution is 2.38. The Morgan fingerprint density at radius 3 is 2.15 bits per heavy atom. The molecule has 6 heteroatoms. The van der Waals surface area contributed by atoms with E-state index in [0.717, 1.165) is 51.4 Å². The Kier molecular flexibility index (Phi) is 11.4. The molecule has 1 fully saturated rings. The molecule has 0 aliphatic heterocycles. The van der Waals surface area contributed by atoms with E-state index in [9.17, 15) is 14.0 Å². The van der Waals surface area contributed by atoms with Crippen LogP contribution in [0.15, 0.2) is 0 Å². The minimum Gasteiger partial charge on any atom is -0.479 e. The molecule has 0 saturated heterocycles. The molecule has 1 saturated carbocycles. The molecule has 0 aromatic carbocycles. The monoisotopic (exact) mass is 386 g/mol. The average molecular weight is 387 g/mol. The topological polar surface area (TPSA) is 78.4 Å². The van der Waals surface area contributed by atoms with Gasteiger partial charge in [-0.3, -0.25) is 0 Å². The molecular formula is C21H39FN2O3. The first kappa shape index (κ1) is 23.7. The molecule has 1 rings (SSSR count). The van der Waals surface area contributed by atoms with Gasteiger partial charge in [0.2, 0.25) is 0 Å². The van der Waals surface area contributed by atoms with Crippen LogP contribution in [0.5, 0.6) is 0 Å². The van der Waals surface area contributed by atoms with Crippen LogP contribution in [0.2, 0.25) is 0 Å². The predicted octanol–water partition coefficient (Wildman–Crippen LogP) is 5.19. The van der Waals surface area contributed by atoms with E-state index >= 15 is 0 Å². The lowest BCUT2D eigenvalue weighted by molar-refractivity contribution is -0.143. The number of hydrogen-bond acceptors (Lipinski definition) is 2. The number of carboxylic acid groups (broad SMARTS) is 1. The molecule has 1 aliphatic rings. The van der Waals surface area contributed by atoms with Gasteiger partial charge >= 0.3 is 12.0 Å². The summed E-state index contributed by atoms with van der Waals surface area (Å²) >= 11 is 0. The lowest BCUT2D eigenvalue weighted by Crippen LogP contribution is -2.57. The van der Waals surface area contributed by atoms with E-state index in [2.05, 4.69) is 24.5 Å². The summed E-state index contributed by atoms with van der Waals surface area (Å²) in [7, 11) is 0. The molecule has 0 heterocycles. The number of carboxylic acids is 1. The van der Waals surface area contributed by atoms with Crippen LogP contribution in [-0.2, 0) is 4.79 Å². The summed E-state index contributed by atoms with van der Waals surface area (Å²) in [4.78, 5) is 22.6. The van der Waals surface area contributed by atoms with Gasteiger partial charge in [-0.25, -0.2) is 14.0 Å². The standard InChI is InChI=1S/C21H39FN2O3/c1-3-17(4-2)16-21(13-11-14-21)24-20(27)23-15-10-8-6-5-7-9-12-18(22)19(25)26/h17-18H,3-16H2,1-2H3,(H,25,26)(H2,23,24,27). The van der Waals surface area contributed by atoms with Crippen LogP contribution in [0, 0.1) is 5.92 Å². The van der Waals surface area contributed by atoms with Crippen LogP contribution in [-0.4, -0.2) is 35.4 Å². The van der Waals surface area contributed by atoms with E-state index in [4.69, 9.17) is 5.11 Å². The molecular weight excluding hydrogens is 347 g/mol. The van der Waals surface area contributed by atoms with Gasteiger partial charge in [0.1, 0.15) is 0 Å². The van der Waals surface area contributed by atoms with Gasteiger partial charge in [-0.05, 0) is 50.9 Å². The second kappa shape index (κ2) is 12.9. The fraction of sp³-hybridized carbons (Fsp3) is 0.905. The number of hydrogen-bond donors (Lipinski definition) is 3. The zero-order valence-electron chi connectivity index (χ0n) is 17.2. The maximum atomic E-state index is 12.9. The van der Waals surface area contributed by atoms with Crippen molar-refractivity contribution in [2.45, 2.75) is 109 Å². The Balaban J connectivity index is 2.04. The number of carbonyl (C=O) groups is 2. The van der Waals surface area contributed by atoms with Crippen LogP contribution in [0.4, 0.5) is 9.18 Å². The highest BCUT2D eigenvalue weighted by Gasteiger charge is 2.39. The van der Waals surface area contributed by atoms with Gasteiger partial charge in [0.05, 0.1) is 0 Å². The molecule has 3 N–H and O–H groups in total. The summed E-state index contributed by atoms with van der Waals surface area (Å²) in [6.07, 6.45) is 10.7. The van der Waals surface area contributed by atoms with Crippen molar-refractivity contribution in [3.8, 4) is 0 Å². The number of alkyl halides is 1. The Morgan fingerprint density at radius 1 is 1.04 bits per heavy atom. The quantitative estimate of drug-likeness (QED) is 0.339. The van der Waals surface area contributed by atoms with Gasteiger partial charge in [-0.2, -0.15) is 0 Å². The summed E-state index contributed by atoms with van der Waals surface area (Å²) < 4.78 is 12.9. The number of halogens is 1. The van der Waals surface area contributed by atoms with Crippen molar-refractivity contribution in [2.24, 2.45) is 5.92 Å². The van der Waals surface area contributed by atoms with E-state index < -0.39 is 12.1 Å².